The van der Waals surface area contributed by atoms with Gasteiger partial charge in [-0.3, -0.25) is 0 Å². The summed E-state index contributed by atoms with van der Waals surface area (Å²) in [6.07, 6.45) is 9.95. The van der Waals surface area contributed by atoms with Crippen LogP contribution in [0.15, 0.2) is 24.3 Å². The molecule has 3 rings (SSSR count). The average Bonchev–Trinajstić information content (AvgIpc) is 3.22. The zero-order valence-electron chi connectivity index (χ0n) is 12.7. The van der Waals surface area contributed by atoms with Gasteiger partial charge in [-0.25, -0.2) is 0 Å². The molecule has 0 bridgehead atoms. The topological polar surface area (TPSA) is 20.2 Å². The molecule has 0 saturated heterocycles. The first-order valence-corrected chi connectivity index (χ1v) is 8.58. The fourth-order valence-corrected chi connectivity index (χ4v) is 4.29. The van der Waals surface area contributed by atoms with Crippen molar-refractivity contribution >= 4 is 0 Å². The van der Waals surface area contributed by atoms with Crippen molar-refractivity contribution in [3.8, 4) is 0 Å². The molecule has 0 amide bonds. The Morgan fingerprint density at radius 2 is 1.95 bits per heavy atom. The maximum Gasteiger partial charge on any atom is 0.0577 e. The third kappa shape index (κ3) is 2.79. The molecule has 2 aliphatic rings. The van der Waals surface area contributed by atoms with Crippen LogP contribution in [0.2, 0.25) is 0 Å². The number of hydrogen-bond acceptors (Lipinski definition) is 1. The molecule has 20 heavy (non-hydrogen) atoms. The first-order valence-electron chi connectivity index (χ1n) is 8.58. The maximum absolute atomic E-state index is 10.5. The molecule has 0 aliphatic heterocycles. The van der Waals surface area contributed by atoms with E-state index in [-0.39, 0.29) is 6.10 Å². The Morgan fingerprint density at radius 1 is 1.15 bits per heavy atom. The number of unbranched alkanes of at least 4 members (excludes halogenated alkanes) is 4. The van der Waals surface area contributed by atoms with Gasteiger partial charge in [-0.2, -0.15) is 0 Å². The van der Waals surface area contributed by atoms with Gasteiger partial charge >= 0.3 is 0 Å². The van der Waals surface area contributed by atoms with E-state index in [0.717, 1.165) is 12.3 Å². The molecule has 1 aromatic rings. The molecule has 1 saturated carbocycles. The van der Waals surface area contributed by atoms with Crippen LogP contribution < -0.4 is 0 Å². The zero-order valence-corrected chi connectivity index (χ0v) is 12.7. The van der Waals surface area contributed by atoms with Crippen LogP contribution in [0.3, 0.4) is 0 Å². The van der Waals surface area contributed by atoms with Crippen LogP contribution in [0.4, 0.5) is 0 Å². The Kier molecular flexibility index (Phi) is 4.45. The van der Waals surface area contributed by atoms with Gasteiger partial charge in [0.25, 0.3) is 0 Å². The van der Waals surface area contributed by atoms with Gasteiger partial charge in [0.1, 0.15) is 0 Å². The molecule has 0 spiro atoms. The van der Waals surface area contributed by atoms with Crippen molar-refractivity contribution in [3.63, 3.8) is 0 Å². The molecular formula is C19H28O. The Bertz CT molecular complexity index is 439. The van der Waals surface area contributed by atoms with Gasteiger partial charge in [0, 0.05) is 0 Å². The minimum Gasteiger partial charge on any atom is -0.393 e. The third-order valence-corrected chi connectivity index (χ3v) is 5.44. The van der Waals surface area contributed by atoms with Crippen LogP contribution in [-0.2, 0) is 6.42 Å². The molecule has 1 nitrogen and oxygen atoms in total. The summed E-state index contributed by atoms with van der Waals surface area (Å²) < 4.78 is 0. The quantitative estimate of drug-likeness (QED) is 0.714. The number of aryl methyl sites for hydroxylation is 1. The summed E-state index contributed by atoms with van der Waals surface area (Å²) in [5.41, 5.74) is 3.07. The van der Waals surface area contributed by atoms with Gasteiger partial charge in [-0.05, 0) is 48.1 Å². The SMILES string of the molecule is CCCCCCCC(O)C1C2CCc3ccccc3C21. The fourth-order valence-electron chi connectivity index (χ4n) is 4.29. The summed E-state index contributed by atoms with van der Waals surface area (Å²) in [6.45, 7) is 2.25. The molecule has 0 aromatic heterocycles. The van der Waals surface area contributed by atoms with Gasteiger partial charge in [-0.1, -0.05) is 63.3 Å². The van der Waals surface area contributed by atoms with E-state index >= 15 is 0 Å². The average molecular weight is 272 g/mol. The molecule has 4 unspecified atom stereocenters. The predicted molar refractivity (Wildman–Crippen MR) is 83.9 cm³/mol. The Hall–Kier alpha value is -0.820. The van der Waals surface area contributed by atoms with Gasteiger partial charge < -0.3 is 5.11 Å². The van der Waals surface area contributed by atoms with Crippen LogP contribution in [0.25, 0.3) is 0 Å². The van der Waals surface area contributed by atoms with E-state index in [4.69, 9.17) is 0 Å². The van der Waals surface area contributed by atoms with Crippen molar-refractivity contribution in [3.05, 3.63) is 35.4 Å². The summed E-state index contributed by atoms with van der Waals surface area (Å²) >= 11 is 0. The highest BCUT2D eigenvalue weighted by atomic mass is 16.3. The third-order valence-electron chi connectivity index (χ3n) is 5.44. The summed E-state index contributed by atoms with van der Waals surface area (Å²) in [5.74, 6) is 2.01. The maximum atomic E-state index is 10.5. The fraction of sp³-hybridized carbons (Fsp3) is 0.684. The van der Waals surface area contributed by atoms with Crippen LogP contribution in [-0.4, -0.2) is 11.2 Å². The lowest BCUT2D eigenvalue weighted by atomic mass is 9.92. The van der Waals surface area contributed by atoms with Gasteiger partial charge in [0.15, 0.2) is 0 Å². The molecular weight excluding hydrogens is 244 g/mol. The number of aliphatic hydroxyl groups excluding tert-OH is 1. The van der Waals surface area contributed by atoms with Crippen molar-refractivity contribution < 1.29 is 5.11 Å². The Balaban J connectivity index is 1.51. The highest BCUT2D eigenvalue weighted by molar-refractivity contribution is 5.39. The lowest BCUT2D eigenvalue weighted by Crippen LogP contribution is -2.11. The summed E-state index contributed by atoms with van der Waals surface area (Å²) in [5, 5.41) is 10.5. The highest BCUT2D eigenvalue weighted by Crippen LogP contribution is 2.61. The number of rotatable bonds is 7. The minimum absolute atomic E-state index is 0.0576. The summed E-state index contributed by atoms with van der Waals surface area (Å²) in [7, 11) is 0. The van der Waals surface area contributed by atoms with Crippen molar-refractivity contribution in [2.45, 2.75) is 70.3 Å². The largest absolute Gasteiger partial charge is 0.393 e. The lowest BCUT2D eigenvalue weighted by molar-refractivity contribution is 0.130. The van der Waals surface area contributed by atoms with E-state index in [1.165, 1.54) is 50.5 Å². The van der Waals surface area contributed by atoms with Crippen LogP contribution in [0.5, 0.6) is 0 Å². The summed E-state index contributed by atoms with van der Waals surface area (Å²) in [4.78, 5) is 0. The molecule has 4 atom stereocenters. The van der Waals surface area contributed by atoms with Crippen molar-refractivity contribution in [2.75, 3.05) is 0 Å². The van der Waals surface area contributed by atoms with E-state index in [0.29, 0.717) is 11.8 Å². The van der Waals surface area contributed by atoms with Gasteiger partial charge in [0.2, 0.25) is 0 Å². The minimum atomic E-state index is -0.0576. The highest BCUT2D eigenvalue weighted by Gasteiger charge is 2.55. The molecule has 0 radical (unpaired) electrons. The molecule has 1 fully saturated rings. The number of fused-ring (bicyclic) bond motifs is 3. The standard InChI is InChI=1S/C19H28O/c1-2-3-4-5-6-11-17(20)19-16-13-12-14-9-7-8-10-15(14)18(16)19/h7-10,16-20H,2-6,11-13H2,1H3. The molecule has 2 aliphatic carbocycles. The number of hydrogen-bond donors (Lipinski definition) is 1. The molecule has 1 heteroatoms. The van der Waals surface area contributed by atoms with E-state index in [9.17, 15) is 5.11 Å². The predicted octanol–water partition coefficient (Wildman–Crippen LogP) is 4.68. The second-order valence-electron chi connectivity index (χ2n) is 6.77. The normalized spacial score (nSPS) is 28.6. The Morgan fingerprint density at radius 3 is 2.80 bits per heavy atom. The Labute approximate surface area is 123 Å². The molecule has 1 aromatic carbocycles. The zero-order chi connectivity index (χ0) is 13.9. The van der Waals surface area contributed by atoms with Crippen LogP contribution in [0.1, 0.15) is 68.9 Å². The van der Waals surface area contributed by atoms with Gasteiger partial charge in [-0.15, -0.1) is 0 Å². The second kappa shape index (κ2) is 6.30. The molecule has 1 N–H and O–H groups in total. The van der Waals surface area contributed by atoms with Crippen molar-refractivity contribution in [1.29, 1.82) is 0 Å². The van der Waals surface area contributed by atoms with E-state index in [1.807, 2.05) is 0 Å². The summed E-state index contributed by atoms with van der Waals surface area (Å²) in [6, 6.07) is 8.88. The first kappa shape index (κ1) is 14.1. The van der Waals surface area contributed by atoms with Crippen LogP contribution >= 0.6 is 0 Å². The lowest BCUT2D eigenvalue weighted by Gasteiger charge is -2.13. The van der Waals surface area contributed by atoms with Crippen molar-refractivity contribution in [2.24, 2.45) is 11.8 Å². The monoisotopic (exact) mass is 272 g/mol. The molecule has 0 heterocycles. The first-order chi connectivity index (χ1) is 9.83. The molecule has 110 valence electrons. The second-order valence-corrected chi connectivity index (χ2v) is 6.77. The van der Waals surface area contributed by atoms with E-state index < -0.39 is 0 Å². The van der Waals surface area contributed by atoms with Crippen molar-refractivity contribution in [1.82, 2.24) is 0 Å². The van der Waals surface area contributed by atoms with E-state index in [2.05, 4.69) is 31.2 Å². The van der Waals surface area contributed by atoms with Gasteiger partial charge in [0.05, 0.1) is 6.10 Å². The van der Waals surface area contributed by atoms with E-state index in [1.54, 1.807) is 5.56 Å². The number of aliphatic hydroxyl groups is 1. The number of benzene rings is 1. The van der Waals surface area contributed by atoms with Crippen LogP contribution in [0, 0.1) is 11.8 Å². The smallest absolute Gasteiger partial charge is 0.0577 e.